The number of carbonyl (C=O) groups excluding carboxylic acids is 2. The molecule has 0 N–H and O–H groups in total. The van der Waals surface area contributed by atoms with Gasteiger partial charge in [-0.05, 0) is 26.2 Å². The zero-order valence-electron chi connectivity index (χ0n) is 9.51. The first-order chi connectivity index (χ1) is 8.07. The van der Waals surface area contributed by atoms with Crippen molar-refractivity contribution in [3.63, 3.8) is 0 Å². The van der Waals surface area contributed by atoms with Gasteiger partial charge in [-0.25, -0.2) is 9.59 Å². The quantitative estimate of drug-likeness (QED) is 0.650. The van der Waals surface area contributed by atoms with E-state index in [0.29, 0.717) is 6.42 Å². The molecule has 0 amide bonds. The first-order valence-electron chi connectivity index (χ1n) is 5.80. The van der Waals surface area contributed by atoms with Gasteiger partial charge in [0, 0.05) is 5.92 Å². The highest BCUT2D eigenvalue weighted by Crippen LogP contribution is 2.41. The molecule has 6 heteroatoms. The van der Waals surface area contributed by atoms with Crippen LogP contribution in [0.5, 0.6) is 0 Å². The Bertz CT molecular complexity index is 367. The standard InChI is InChI=1S/C11H14O6/c1-11(5-14-9(12)17-11)6-2-3-7-8(4-6)16-10(13)15-7/h6-8H,2-5H2,1H3. The average molecular weight is 242 g/mol. The Balaban J connectivity index is 1.70. The molecule has 2 heterocycles. The monoisotopic (exact) mass is 242 g/mol. The van der Waals surface area contributed by atoms with Gasteiger partial charge in [-0.2, -0.15) is 0 Å². The number of fused-ring (bicyclic) bond motifs is 1. The normalized spacial score (nSPS) is 44.4. The molecule has 3 rings (SSSR count). The number of hydrogen-bond acceptors (Lipinski definition) is 6. The minimum atomic E-state index is -0.616. The molecule has 0 spiro atoms. The summed E-state index contributed by atoms with van der Waals surface area (Å²) < 4.78 is 20.2. The molecule has 0 aromatic carbocycles. The molecule has 2 saturated heterocycles. The van der Waals surface area contributed by atoms with Crippen LogP contribution in [-0.4, -0.2) is 36.7 Å². The molecule has 2 aliphatic heterocycles. The summed E-state index contributed by atoms with van der Waals surface area (Å²) in [5.41, 5.74) is -0.600. The third-order valence-corrected chi connectivity index (χ3v) is 3.88. The van der Waals surface area contributed by atoms with Crippen molar-refractivity contribution in [2.75, 3.05) is 6.61 Å². The molecule has 3 fully saturated rings. The van der Waals surface area contributed by atoms with Crippen LogP contribution in [0.15, 0.2) is 0 Å². The Morgan fingerprint density at radius 1 is 1.12 bits per heavy atom. The molecule has 94 valence electrons. The molecular formula is C11H14O6. The van der Waals surface area contributed by atoms with Crippen molar-refractivity contribution in [1.29, 1.82) is 0 Å². The van der Waals surface area contributed by atoms with E-state index < -0.39 is 17.9 Å². The predicted molar refractivity (Wildman–Crippen MR) is 53.3 cm³/mol. The smallest absolute Gasteiger partial charge is 0.430 e. The fraction of sp³-hybridized carbons (Fsp3) is 0.818. The van der Waals surface area contributed by atoms with E-state index in [4.69, 9.17) is 18.9 Å². The maximum Gasteiger partial charge on any atom is 0.509 e. The lowest BCUT2D eigenvalue weighted by Gasteiger charge is -2.36. The molecular weight excluding hydrogens is 228 g/mol. The number of cyclic esters (lactones) is 2. The van der Waals surface area contributed by atoms with E-state index in [0.717, 1.165) is 12.8 Å². The van der Waals surface area contributed by atoms with Crippen LogP contribution >= 0.6 is 0 Å². The first-order valence-corrected chi connectivity index (χ1v) is 5.80. The van der Waals surface area contributed by atoms with Crippen molar-refractivity contribution in [2.45, 2.75) is 44.0 Å². The number of rotatable bonds is 1. The molecule has 1 aliphatic carbocycles. The van der Waals surface area contributed by atoms with Crippen molar-refractivity contribution >= 4 is 12.3 Å². The van der Waals surface area contributed by atoms with Crippen LogP contribution < -0.4 is 0 Å². The van der Waals surface area contributed by atoms with E-state index in [1.165, 1.54) is 0 Å². The van der Waals surface area contributed by atoms with E-state index in [-0.39, 0.29) is 24.7 Å². The highest BCUT2D eigenvalue weighted by molar-refractivity contribution is 5.63. The van der Waals surface area contributed by atoms with Crippen molar-refractivity contribution in [3.05, 3.63) is 0 Å². The van der Waals surface area contributed by atoms with E-state index in [2.05, 4.69) is 0 Å². The summed E-state index contributed by atoms with van der Waals surface area (Å²) >= 11 is 0. The van der Waals surface area contributed by atoms with Crippen LogP contribution in [0.25, 0.3) is 0 Å². The molecule has 0 aromatic heterocycles. The maximum atomic E-state index is 11.0. The SMILES string of the molecule is CC1(C2CCC3OC(=O)OC3C2)COC(=O)O1. The van der Waals surface area contributed by atoms with Gasteiger partial charge < -0.3 is 18.9 Å². The van der Waals surface area contributed by atoms with Gasteiger partial charge in [0.15, 0.2) is 0 Å². The Hall–Kier alpha value is -1.46. The van der Waals surface area contributed by atoms with Gasteiger partial charge in [0.1, 0.15) is 24.4 Å². The second kappa shape index (κ2) is 3.51. The predicted octanol–water partition coefficient (Wildman–Crippen LogP) is 1.62. The molecule has 6 nitrogen and oxygen atoms in total. The van der Waals surface area contributed by atoms with Gasteiger partial charge in [0.2, 0.25) is 0 Å². The Labute approximate surface area is 98.1 Å². The Kier molecular flexibility index (Phi) is 2.21. The summed E-state index contributed by atoms with van der Waals surface area (Å²) in [5, 5.41) is 0. The lowest BCUT2D eigenvalue weighted by Crippen LogP contribution is -2.44. The van der Waals surface area contributed by atoms with Gasteiger partial charge >= 0.3 is 12.3 Å². The van der Waals surface area contributed by atoms with Crippen molar-refractivity contribution in [3.8, 4) is 0 Å². The van der Waals surface area contributed by atoms with Crippen molar-refractivity contribution < 1.29 is 28.5 Å². The van der Waals surface area contributed by atoms with Crippen LogP contribution in [-0.2, 0) is 18.9 Å². The summed E-state index contributed by atoms with van der Waals surface area (Å²) in [6, 6.07) is 0. The molecule has 3 aliphatic rings. The largest absolute Gasteiger partial charge is 0.509 e. The van der Waals surface area contributed by atoms with E-state index in [1.807, 2.05) is 6.92 Å². The lowest BCUT2D eigenvalue weighted by atomic mass is 9.76. The van der Waals surface area contributed by atoms with Crippen molar-refractivity contribution in [2.24, 2.45) is 5.92 Å². The molecule has 17 heavy (non-hydrogen) atoms. The minimum Gasteiger partial charge on any atom is -0.430 e. The van der Waals surface area contributed by atoms with Crippen molar-refractivity contribution in [1.82, 2.24) is 0 Å². The highest BCUT2D eigenvalue weighted by atomic mass is 16.8. The zero-order chi connectivity index (χ0) is 12.0. The van der Waals surface area contributed by atoms with E-state index in [9.17, 15) is 9.59 Å². The van der Waals surface area contributed by atoms with Gasteiger partial charge in [-0.3, -0.25) is 0 Å². The van der Waals surface area contributed by atoms with E-state index in [1.54, 1.807) is 0 Å². The molecule has 4 unspecified atom stereocenters. The third kappa shape index (κ3) is 1.71. The summed E-state index contributed by atoms with van der Waals surface area (Å²) in [6.45, 7) is 2.13. The van der Waals surface area contributed by atoms with Gasteiger partial charge in [0.05, 0.1) is 0 Å². The van der Waals surface area contributed by atoms with Crippen LogP contribution in [0.4, 0.5) is 9.59 Å². The fourth-order valence-corrected chi connectivity index (χ4v) is 2.84. The van der Waals surface area contributed by atoms with Crippen LogP contribution in [0.1, 0.15) is 26.2 Å². The van der Waals surface area contributed by atoms with Crippen LogP contribution in [0, 0.1) is 5.92 Å². The van der Waals surface area contributed by atoms with Crippen LogP contribution in [0.3, 0.4) is 0 Å². The zero-order valence-corrected chi connectivity index (χ0v) is 9.51. The highest BCUT2D eigenvalue weighted by Gasteiger charge is 2.51. The molecule has 4 atom stereocenters. The van der Waals surface area contributed by atoms with E-state index >= 15 is 0 Å². The maximum absolute atomic E-state index is 11.0. The fourth-order valence-electron chi connectivity index (χ4n) is 2.84. The summed E-state index contributed by atoms with van der Waals surface area (Å²) in [5.74, 6) is 0.143. The number of hydrogen-bond donors (Lipinski definition) is 0. The second-order valence-corrected chi connectivity index (χ2v) is 5.03. The summed E-state index contributed by atoms with van der Waals surface area (Å²) in [6.07, 6.45) is 0.681. The average Bonchev–Trinajstić information content (AvgIpc) is 2.80. The number of carbonyl (C=O) groups is 2. The Morgan fingerprint density at radius 3 is 2.59 bits per heavy atom. The summed E-state index contributed by atoms with van der Waals surface area (Å²) in [4.78, 5) is 22.0. The lowest BCUT2D eigenvalue weighted by molar-refractivity contribution is -0.0287. The first kappa shape index (κ1) is 10.7. The van der Waals surface area contributed by atoms with Crippen LogP contribution in [0.2, 0.25) is 0 Å². The molecule has 1 saturated carbocycles. The third-order valence-electron chi connectivity index (χ3n) is 3.88. The van der Waals surface area contributed by atoms with Gasteiger partial charge in [0.25, 0.3) is 0 Å². The molecule has 0 bridgehead atoms. The number of ether oxygens (including phenoxy) is 4. The summed E-state index contributed by atoms with van der Waals surface area (Å²) in [7, 11) is 0. The van der Waals surface area contributed by atoms with Gasteiger partial charge in [-0.15, -0.1) is 0 Å². The second-order valence-electron chi connectivity index (χ2n) is 5.03. The molecule has 0 radical (unpaired) electrons. The topological polar surface area (TPSA) is 71.1 Å². The van der Waals surface area contributed by atoms with Gasteiger partial charge in [-0.1, -0.05) is 0 Å². The Morgan fingerprint density at radius 2 is 1.88 bits per heavy atom. The molecule has 0 aromatic rings. The minimum absolute atomic E-state index is 0.139.